The van der Waals surface area contributed by atoms with Gasteiger partial charge < -0.3 is 9.47 Å². The van der Waals surface area contributed by atoms with Crippen molar-refractivity contribution in [1.82, 2.24) is 0 Å². The van der Waals surface area contributed by atoms with Crippen molar-refractivity contribution < 1.29 is 32.2 Å². The first-order valence-electron chi connectivity index (χ1n) is 11.3. The van der Waals surface area contributed by atoms with Gasteiger partial charge in [-0.15, -0.1) is 0 Å². The highest BCUT2D eigenvalue weighted by Crippen LogP contribution is 2.34. The van der Waals surface area contributed by atoms with Gasteiger partial charge in [0.25, 0.3) is 12.1 Å². The van der Waals surface area contributed by atoms with E-state index in [1.165, 1.54) is 6.07 Å². The van der Waals surface area contributed by atoms with Gasteiger partial charge in [-0.2, -0.15) is 13.2 Å². The molecule has 0 radical (unpaired) electrons. The minimum absolute atomic E-state index is 0.0210. The van der Waals surface area contributed by atoms with Crippen LogP contribution >= 0.6 is 15.9 Å². The van der Waals surface area contributed by atoms with Crippen LogP contribution in [0.3, 0.4) is 0 Å². The molecular weight excluding hydrogens is 529 g/mol. The molecule has 1 unspecified atom stereocenters. The third kappa shape index (κ3) is 7.06. The maximum Gasteiger partial charge on any atom is 0.406 e. The van der Waals surface area contributed by atoms with E-state index < -0.39 is 30.8 Å². The molecule has 0 saturated carbocycles. The number of amides is 1. The maximum absolute atomic E-state index is 13.5. The Hall–Kier alpha value is -2.88. The van der Waals surface area contributed by atoms with Gasteiger partial charge in [0.05, 0.1) is 18.0 Å². The Morgan fingerprint density at radius 2 is 1.83 bits per heavy atom. The monoisotopic (exact) mass is 554 g/mol. The second-order valence-electron chi connectivity index (χ2n) is 7.94. The van der Waals surface area contributed by atoms with Crippen LogP contribution in [-0.4, -0.2) is 43.1 Å². The van der Waals surface area contributed by atoms with Crippen LogP contribution in [0.5, 0.6) is 5.75 Å². The summed E-state index contributed by atoms with van der Waals surface area (Å²) in [6.07, 6.45) is -4.18. The molecule has 10 heteroatoms. The number of benzodiazepines with no additional fused rings is 1. The number of anilines is 1. The Bertz CT molecular complexity index is 1090. The number of hydrogen-bond donors (Lipinski definition) is 0. The van der Waals surface area contributed by atoms with Crippen LogP contribution in [0.25, 0.3) is 0 Å². The lowest BCUT2D eigenvalue weighted by molar-refractivity contribution is -0.156. The lowest BCUT2D eigenvalue weighted by Gasteiger charge is -2.26. The first-order chi connectivity index (χ1) is 16.6. The van der Waals surface area contributed by atoms with Crippen LogP contribution in [0, 0.1) is 0 Å². The molecule has 1 aliphatic heterocycles. The van der Waals surface area contributed by atoms with Gasteiger partial charge in [-0.3, -0.25) is 14.5 Å². The first kappa shape index (κ1) is 26.7. The molecule has 0 N–H and O–H groups in total. The quantitative estimate of drug-likeness (QED) is 0.280. The molecule has 6 nitrogen and oxygen atoms in total. The largest absolute Gasteiger partial charge is 0.494 e. The van der Waals surface area contributed by atoms with Crippen molar-refractivity contribution in [3.63, 3.8) is 0 Å². The molecular formula is C25H26BrF3N2O4. The second kappa shape index (κ2) is 11.7. The summed E-state index contributed by atoms with van der Waals surface area (Å²) in [5.41, 5.74) is 1.08. The summed E-state index contributed by atoms with van der Waals surface area (Å²) in [7, 11) is 0. The van der Waals surface area contributed by atoms with Crippen molar-refractivity contribution in [2.75, 3.05) is 18.1 Å². The molecule has 0 aromatic heterocycles. The fraction of sp³-hybridized carbons (Fsp3) is 0.400. The summed E-state index contributed by atoms with van der Waals surface area (Å²) in [5.74, 6) is -1.14. The average Bonchev–Trinajstić information content (AvgIpc) is 2.89. The highest BCUT2D eigenvalue weighted by molar-refractivity contribution is 9.10. The number of halogens is 4. The summed E-state index contributed by atoms with van der Waals surface area (Å²) in [6.45, 7) is 2.73. The Kier molecular flexibility index (Phi) is 8.93. The number of benzene rings is 2. The zero-order valence-corrected chi connectivity index (χ0v) is 21.0. The van der Waals surface area contributed by atoms with Crippen LogP contribution in [-0.2, 0) is 14.3 Å². The standard InChI is InChI=1S/C25H26BrF3N2O4/c1-3-5-6-7-21(32)35-23-24(33)31(15-25(27,28)29)20-13-10-17(26)14-19(20)22(30-23)16-8-11-18(12-9-16)34-4-2/h8-14,23H,3-7,15H2,1-2H3. The molecule has 1 atom stereocenters. The summed E-state index contributed by atoms with van der Waals surface area (Å²) in [6, 6.07) is 11.3. The predicted octanol–water partition coefficient (Wildman–Crippen LogP) is 6.04. The van der Waals surface area contributed by atoms with E-state index in [4.69, 9.17) is 9.47 Å². The van der Waals surface area contributed by atoms with Crippen LogP contribution in [0.2, 0.25) is 0 Å². The van der Waals surface area contributed by atoms with Gasteiger partial charge in [0.2, 0.25) is 0 Å². The van der Waals surface area contributed by atoms with Crippen LogP contribution in [0.15, 0.2) is 51.9 Å². The molecule has 188 valence electrons. The highest BCUT2D eigenvalue weighted by Gasteiger charge is 2.40. The smallest absolute Gasteiger partial charge is 0.406 e. The number of nitrogens with zero attached hydrogens (tertiary/aromatic N) is 2. The zero-order valence-electron chi connectivity index (χ0n) is 19.4. The summed E-state index contributed by atoms with van der Waals surface area (Å²) in [5, 5.41) is 0. The van der Waals surface area contributed by atoms with E-state index in [-0.39, 0.29) is 17.8 Å². The molecule has 1 amide bonds. The van der Waals surface area contributed by atoms with E-state index in [1.807, 2.05) is 13.8 Å². The van der Waals surface area contributed by atoms with Crippen molar-refractivity contribution in [2.24, 2.45) is 4.99 Å². The molecule has 0 bridgehead atoms. The number of carbonyl (C=O) groups excluding carboxylic acids is 2. The predicted molar refractivity (Wildman–Crippen MR) is 130 cm³/mol. The van der Waals surface area contributed by atoms with E-state index in [1.54, 1.807) is 36.4 Å². The molecule has 1 aliphatic rings. The minimum Gasteiger partial charge on any atom is -0.494 e. The molecule has 2 aromatic rings. The van der Waals surface area contributed by atoms with Gasteiger partial charge in [0.1, 0.15) is 12.3 Å². The number of fused-ring (bicyclic) bond motifs is 1. The molecule has 0 spiro atoms. The van der Waals surface area contributed by atoms with Gasteiger partial charge in [0.15, 0.2) is 0 Å². The number of carbonyl (C=O) groups is 2. The Morgan fingerprint density at radius 3 is 2.46 bits per heavy atom. The number of ether oxygens (including phenoxy) is 2. The second-order valence-corrected chi connectivity index (χ2v) is 8.85. The number of aliphatic imine (C=N–C) groups is 1. The average molecular weight is 555 g/mol. The molecule has 0 saturated heterocycles. The molecule has 0 fully saturated rings. The van der Waals surface area contributed by atoms with Gasteiger partial charge in [0, 0.05) is 22.0 Å². The van der Waals surface area contributed by atoms with Gasteiger partial charge in [-0.1, -0.05) is 35.7 Å². The fourth-order valence-electron chi connectivity index (χ4n) is 3.65. The van der Waals surface area contributed by atoms with Crippen molar-refractivity contribution in [1.29, 1.82) is 0 Å². The van der Waals surface area contributed by atoms with E-state index in [9.17, 15) is 22.8 Å². The maximum atomic E-state index is 13.5. The highest BCUT2D eigenvalue weighted by atomic mass is 79.9. The van der Waals surface area contributed by atoms with Crippen molar-refractivity contribution in [2.45, 2.75) is 51.9 Å². The minimum atomic E-state index is -4.68. The molecule has 0 aliphatic carbocycles. The fourth-order valence-corrected chi connectivity index (χ4v) is 4.02. The normalized spacial score (nSPS) is 15.8. The Morgan fingerprint density at radius 1 is 1.11 bits per heavy atom. The van der Waals surface area contributed by atoms with Gasteiger partial charge in [-0.05, 0) is 55.8 Å². The summed E-state index contributed by atoms with van der Waals surface area (Å²) >= 11 is 3.35. The van der Waals surface area contributed by atoms with E-state index in [2.05, 4.69) is 20.9 Å². The van der Waals surface area contributed by atoms with Crippen molar-refractivity contribution in [3.8, 4) is 5.75 Å². The van der Waals surface area contributed by atoms with Crippen molar-refractivity contribution in [3.05, 3.63) is 58.1 Å². The van der Waals surface area contributed by atoms with Crippen LogP contribution < -0.4 is 9.64 Å². The lowest BCUT2D eigenvalue weighted by Crippen LogP contribution is -2.45. The molecule has 2 aromatic carbocycles. The van der Waals surface area contributed by atoms with E-state index >= 15 is 0 Å². The number of hydrogen-bond acceptors (Lipinski definition) is 5. The SMILES string of the molecule is CCCCCC(=O)OC1N=C(c2ccc(OCC)cc2)c2cc(Br)ccc2N(CC(F)(F)F)C1=O. The Labute approximate surface area is 210 Å². The number of unbranched alkanes of at least 4 members (excludes halogenated alkanes) is 2. The number of alkyl halides is 3. The first-order valence-corrected chi connectivity index (χ1v) is 12.1. The molecule has 35 heavy (non-hydrogen) atoms. The van der Waals surface area contributed by atoms with Crippen molar-refractivity contribution >= 4 is 39.2 Å². The van der Waals surface area contributed by atoms with Gasteiger partial charge in [-0.25, -0.2) is 4.99 Å². The Balaban J connectivity index is 2.11. The molecule has 3 rings (SSSR count). The van der Waals surface area contributed by atoms with Crippen LogP contribution in [0.4, 0.5) is 18.9 Å². The van der Waals surface area contributed by atoms with E-state index in [0.717, 1.165) is 12.8 Å². The number of rotatable bonds is 9. The lowest BCUT2D eigenvalue weighted by atomic mass is 10.00. The van der Waals surface area contributed by atoms with E-state index in [0.29, 0.717) is 39.3 Å². The van der Waals surface area contributed by atoms with Crippen LogP contribution in [0.1, 0.15) is 50.7 Å². The summed E-state index contributed by atoms with van der Waals surface area (Å²) < 4.78 is 51.9. The molecule has 1 heterocycles. The topological polar surface area (TPSA) is 68.2 Å². The number of esters is 1. The third-order valence-electron chi connectivity index (χ3n) is 5.23. The van der Waals surface area contributed by atoms with Gasteiger partial charge >= 0.3 is 12.1 Å². The summed E-state index contributed by atoms with van der Waals surface area (Å²) in [4.78, 5) is 30.6. The zero-order chi connectivity index (χ0) is 25.6. The third-order valence-corrected chi connectivity index (χ3v) is 5.73.